The Morgan fingerprint density at radius 1 is 1.50 bits per heavy atom. The van der Waals surface area contributed by atoms with Gasteiger partial charge in [0.2, 0.25) is 5.91 Å². The fourth-order valence-corrected chi connectivity index (χ4v) is 3.36. The molecule has 0 aliphatic carbocycles. The van der Waals surface area contributed by atoms with Crippen LogP contribution in [0.3, 0.4) is 0 Å². The van der Waals surface area contributed by atoms with Gasteiger partial charge in [-0.25, -0.2) is 4.98 Å². The van der Waals surface area contributed by atoms with E-state index in [4.69, 9.17) is 0 Å². The molecule has 2 atom stereocenters. The van der Waals surface area contributed by atoms with Crippen LogP contribution in [-0.2, 0) is 11.3 Å². The number of carbonyl (C=O) groups excluding carboxylic acids is 1. The van der Waals surface area contributed by atoms with E-state index in [9.17, 15) is 4.79 Å². The van der Waals surface area contributed by atoms with Crippen molar-refractivity contribution in [1.29, 1.82) is 0 Å². The standard InChI is InChI=1S/C15H22N4O/c1-16-15-12(3-2-7-17-15)10-19-8-6-13-11(9-19)4-5-14(20)18-13/h2-3,7,11,13H,4-6,8-10H2,1H3,(H,16,17)(H,18,20). The molecule has 1 amide bonds. The topological polar surface area (TPSA) is 57.3 Å². The number of amides is 1. The number of likely N-dealkylation sites (tertiary alicyclic amines) is 1. The molecule has 5 nitrogen and oxygen atoms in total. The minimum atomic E-state index is 0.226. The number of rotatable bonds is 3. The molecule has 20 heavy (non-hydrogen) atoms. The average molecular weight is 274 g/mol. The van der Waals surface area contributed by atoms with Crippen molar-refractivity contribution in [2.45, 2.75) is 31.8 Å². The van der Waals surface area contributed by atoms with Crippen LogP contribution in [-0.4, -0.2) is 42.0 Å². The molecule has 108 valence electrons. The Morgan fingerprint density at radius 2 is 2.40 bits per heavy atom. The van der Waals surface area contributed by atoms with E-state index in [-0.39, 0.29) is 5.91 Å². The molecule has 0 bridgehead atoms. The maximum Gasteiger partial charge on any atom is 0.220 e. The normalized spacial score (nSPS) is 26.8. The lowest BCUT2D eigenvalue weighted by molar-refractivity contribution is -0.125. The average Bonchev–Trinajstić information content (AvgIpc) is 2.48. The van der Waals surface area contributed by atoms with Gasteiger partial charge in [-0.1, -0.05) is 6.07 Å². The Bertz CT molecular complexity index is 491. The van der Waals surface area contributed by atoms with Crippen LogP contribution in [0.1, 0.15) is 24.8 Å². The number of fused-ring (bicyclic) bond motifs is 1. The predicted molar refractivity (Wildman–Crippen MR) is 78.3 cm³/mol. The van der Waals surface area contributed by atoms with Crippen LogP contribution < -0.4 is 10.6 Å². The minimum absolute atomic E-state index is 0.226. The zero-order valence-electron chi connectivity index (χ0n) is 11.9. The second kappa shape index (κ2) is 5.79. The molecule has 0 radical (unpaired) electrons. The highest BCUT2D eigenvalue weighted by molar-refractivity contribution is 5.77. The first-order chi connectivity index (χ1) is 9.76. The monoisotopic (exact) mass is 274 g/mol. The number of nitrogens with zero attached hydrogens (tertiary/aromatic N) is 2. The van der Waals surface area contributed by atoms with Gasteiger partial charge in [0.25, 0.3) is 0 Å². The molecule has 2 aliphatic rings. The number of anilines is 1. The van der Waals surface area contributed by atoms with Crippen LogP contribution in [0.2, 0.25) is 0 Å². The van der Waals surface area contributed by atoms with Crippen LogP contribution in [0.4, 0.5) is 5.82 Å². The molecule has 2 aliphatic heterocycles. The first-order valence-corrected chi connectivity index (χ1v) is 7.39. The summed E-state index contributed by atoms with van der Waals surface area (Å²) in [5, 5.41) is 6.29. The summed E-state index contributed by atoms with van der Waals surface area (Å²) in [7, 11) is 1.91. The molecule has 1 aromatic heterocycles. The van der Waals surface area contributed by atoms with Crippen molar-refractivity contribution >= 4 is 11.7 Å². The predicted octanol–water partition coefficient (Wildman–Crippen LogP) is 1.22. The number of hydrogen-bond donors (Lipinski definition) is 2. The molecular formula is C15H22N4O. The van der Waals surface area contributed by atoms with E-state index in [2.05, 4.69) is 26.6 Å². The van der Waals surface area contributed by atoms with Crippen molar-refractivity contribution < 1.29 is 4.79 Å². The third-order valence-corrected chi connectivity index (χ3v) is 4.43. The van der Waals surface area contributed by atoms with Gasteiger partial charge in [-0.05, 0) is 24.8 Å². The van der Waals surface area contributed by atoms with Gasteiger partial charge in [-0.2, -0.15) is 0 Å². The number of nitrogens with one attached hydrogen (secondary N) is 2. The summed E-state index contributed by atoms with van der Waals surface area (Å²) in [6.45, 7) is 3.05. The molecule has 2 N–H and O–H groups in total. The molecule has 1 aromatic rings. The van der Waals surface area contributed by atoms with Crippen molar-refractivity contribution in [3.63, 3.8) is 0 Å². The Hall–Kier alpha value is -1.62. The van der Waals surface area contributed by atoms with Crippen molar-refractivity contribution in [2.24, 2.45) is 5.92 Å². The van der Waals surface area contributed by atoms with Gasteiger partial charge < -0.3 is 10.6 Å². The number of pyridine rings is 1. The van der Waals surface area contributed by atoms with Crippen LogP contribution in [0.15, 0.2) is 18.3 Å². The Morgan fingerprint density at radius 3 is 3.25 bits per heavy atom. The summed E-state index contributed by atoms with van der Waals surface area (Å²) in [5.74, 6) is 1.80. The molecule has 3 heterocycles. The molecule has 2 fully saturated rings. The van der Waals surface area contributed by atoms with Gasteiger partial charge in [0.1, 0.15) is 5.82 Å². The van der Waals surface area contributed by atoms with E-state index in [0.29, 0.717) is 18.4 Å². The molecule has 0 aromatic carbocycles. The van der Waals surface area contributed by atoms with Gasteiger partial charge in [-0.3, -0.25) is 9.69 Å². The van der Waals surface area contributed by atoms with Gasteiger partial charge in [-0.15, -0.1) is 0 Å². The third-order valence-electron chi connectivity index (χ3n) is 4.43. The van der Waals surface area contributed by atoms with Gasteiger partial charge in [0.15, 0.2) is 0 Å². The van der Waals surface area contributed by atoms with Crippen LogP contribution in [0.25, 0.3) is 0 Å². The summed E-state index contributed by atoms with van der Waals surface area (Å²) in [6.07, 6.45) is 4.59. The maximum absolute atomic E-state index is 11.4. The van der Waals surface area contributed by atoms with E-state index < -0.39 is 0 Å². The number of hydrogen-bond acceptors (Lipinski definition) is 4. The zero-order chi connectivity index (χ0) is 13.9. The number of aromatic nitrogens is 1. The Balaban J connectivity index is 1.63. The summed E-state index contributed by atoms with van der Waals surface area (Å²) in [6, 6.07) is 4.52. The van der Waals surface area contributed by atoms with Gasteiger partial charge in [0, 0.05) is 50.9 Å². The van der Waals surface area contributed by atoms with Gasteiger partial charge >= 0.3 is 0 Å². The minimum Gasteiger partial charge on any atom is -0.373 e. The summed E-state index contributed by atoms with van der Waals surface area (Å²) in [5.41, 5.74) is 1.24. The number of piperidine rings is 2. The van der Waals surface area contributed by atoms with E-state index >= 15 is 0 Å². The largest absolute Gasteiger partial charge is 0.373 e. The quantitative estimate of drug-likeness (QED) is 0.870. The third kappa shape index (κ3) is 2.77. The van der Waals surface area contributed by atoms with Crippen molar-refractivity contribution in [3.05, 3.63) is 23.9 Å². The highest BCUT2D eigenvalue weighted by Crippen LogP contribution is 2.27. The fraction of sp³-hybridized carbons (Fsp3) is 0.600. The molecule has 3 rings (SSSR count). The van der Waals surface area contributed by atoms with E-state index in [1.54, 1.807) is 0 Å². The number of carbonyl (C=O) groups is 1. The Kier molecular flexibility index (Phi) is 3.87. The van der Waals surface area contributed by atoms with Gasteiger partial charge in [0.05, 0.1) is 0 Å². The van der Waals surface area contributed by atoms with Crippen molar-refractivity contribution in [3.8, 4) is 0 Å². The zero-order valence-corrected chi connectivity index (χ0v) is 11.9. The molecule has 2 unspecified atom stereocenters. The molecule has 0 saturated carbocycles. The van der Waals surface area contributed by atoms with Crippen LogP contribution >= 0.6 is 0 Å². The van der Waals surface area contributed by atoms with Crippen molar-refractivity contribution in [1.82, 2.24) is 15.2 Å². The van der Waals surface area contributed by atoms with Crippen LogP contribution in [0.5, 0.6) is 0 Å². The molecule has 0 spiro atoms. The lowest BCUT2D eigenvalue weighted by Gasteiger charge is -2.41. The summed E-state index contributed by atoms with van der Waals surface area (Å²) >= 11 is 0. The first-order valence-electron chi connectivity index (χ1n) is 7.39. The lowest BCUT2D eigenvalue weighted by Crippen LogP contribution is -2.53. The molecule has 5 heteroatoms. The summed E-state index contributed by atoms with van der Waals surface area (Å²) in [4.78, 5) is 18.3. The highest BCUT2D eigenvalue weighted by atomic mass is 16.1. The lowest BCUT2D eigenvalue weighted by atomic mass is 9.85. The molecule has 2 saturated heterocycles. The van der Waals surface area contributed by atoms with E-state index in [1.807, 2.05) is 19.3 Å². The van der Waals surface area contributed by atoms with E-state index in [1.165, 1.54) is 5.56 Å². The first kappa shape index (κ1) is 13.4. The van der Waals surface area contributed by atoms with E-state index in [0.717, 1.165) is 38.3 Å². The SMILES string of the molecule is CNc1ncccc1CN1CCC2NC(=O)CCC2C1. The highest BCUT2D eigenvalue weighted by Gasteiger charge is 2.33. The fourth-order valence-electron chi connectivity index (χ4n) is 3.36. The second-order valence-corrected chi connectivity index (χ2v) is 5.76. The van der Waals surface area contributed by atoms with Crippen LogP contribution in [0, 0.1) is 5.92 Å². The maximum atomic E-state index is 11.4. The summed E-state index contributed by atoms with van der Waals surface area (Å²) < 4.78 is 0. The molecular weight excluding hydrogens is 252 g/mol. The Labute approximate surface area is 119 Å². The second-order valence-electron chi connectivity index (χ2n) is 5.76. The smallest absolute Gasteiger partial charge is 0.220 e. The van der Waals surface area contributed by atoms with Crippen molar-refractivity contribution in [2.75, 3.05) is 25.5 Å².